The van der Waals surface area contributed by atoms with Gasteiger partial charge in [0.05, 0.1) is 0 Å². The number of aromatic nitrogens is 1. The minimum atomic E-state index is -4.76. The van der Waals surface area contributed by atoms with E-state index in [0.29, 0.717) is 18.4 Å². The number of carboxylic acid groups (broad SMARTS) is 1. The van der Waals surface area contributed by atoms with Crippen LogP contribution in [0, 0.1) is 0 Å². The van der Waals surface area contributed by atoms with Gasteiger partial charge in [-0.2, -0.15) is 13.2 Å². The van der Waals surface area contributed by atoms with Gasteiger partial charge in [-0.1, -0.05) is 0 Å². The molecule has 1 amide bonds. The molecule has 6 nitrogen and oxygen atoms in total. The monoisotopic (exact) mass is 333 g/mol. The Morgan fingerprint density at radius 2 is 1.91 bits per heavy atom. The standard InChI is InChI=1S/C14H18F3N3O3/c1-19-5-4-9(10(19)13(22)23)8-2-6-20(7-3-8)12(21)11(18)14(15,16)17/h4-5,8,11H,2-3,6-7,18H2,1H3,(H,22,23). The number of aromatic carboxylic acids is 1. The molecular formula is C14H18F3N3O3. The molecule has 1 aliphatic rings. The molecule has 1 unspecified atom stereocenters. The summed E-state index contributed by atoms with van der Waals surface area (Å²) in [6, 6.07) is -0.807. The van der Waals surface area contributed by atoms with Crippen LogP contribution in [-0.4, -0.2) is 51.8 Å². The Kier molecular flexibility index (Phi) is 4.69. The zero-order chi connectivity index (χ0) is 17.4. The number of aryl methyl sites for hydroxylation is 1. The lowest BCUT2D eigenvalue weighted by Gasteiger charge is -2.34. The SMILES string of the molecule is Cn1ccc(C2CCN(C(=O)C(N)C(F)(F)F)CC2)c1C(=O)O. The van der Waals surface area contributed by atoms with Gasteiger partial charge >= 0.3 is 12.1 Å². The third-order valence-electron chi connectivity index (χ3n) is 4.17. The number of amides is 1. The van der Waals surface area contributed by atoms with Crippen LogP contribution in [0.1, 0.15) is 34.8 Å². The highest BCUT2D eigenvalue weighted by atomic mass is 19.4. The van der Waals surface area contributed by atoms with E-state index in [1.54, 1.807) is 19.3 Å². The van der Waals surface area contributed by atoms with Gasteiger partial charge in [0.2, 0.25) is 5.91 Å². The second-order valence-electron chi connectivity index (χ2n) is 5.65. The molecule has 1 aromatic heterocycles. The summed E-state index contributed by atoms with van der Waals surface area (Å²) in [4.78, 5) is 24.1. The fourth-order valence-electron chi connectivity index (χ4n) is 2.90. The van der Waals surface area contributed by atoms with Crippen LogP contribution >= 0.6 is 0 Å². The van der Waals surface area contributed by atoms with E-state index in [9.17, 15) is 27.9 Å². The Balaban J connectivity index is 2.05. The molecule has 128 valence electrons. The van der Waals surface area contributed by atoms with E-state index in [4.69, 9.17) is 5.73 Å². The van der Waals surface area contributed by atoms with Crippen molar-refractivity contribution in [2.24, 2.45) is 12.8 Å². The molecule has 1 saturated heterocycles. The summed E-state index contributed by atoms with van der Waals surface area (Å²) >= 11 is 0. The van der Waals surface area contributed by atoms with Crippen molar-refractivity contribution in [3.8, 4) is 0 Å². The van der Waals surface area contributed by atoms with Gasteiger partial charge in [-0.15, -0.1) is 0 Å². The van der Waals surface area contributed by atoms with E-state index >= 15 is 0 Å². The number of piperidine rings is 1. The molecule has 2 rings (SSSR count). The molecule has 1 aliphatic heterocycles. The Morgan fingerprint density at radius 1 is 1.35 bits per heavy atom. The normalized spacial score (nSPS) is 18.0. The molecule has 9 heteroatoms. The first-order valence-electron chi connectivity index (χ1n) is 7.12. The maximum atomic E-state index is 12.5. The first-order valence-corrected chi connectivity index (χ1v) is 7.12. The Morgan fingerprint density at radius 3 is 2.39 bits per heavy atom. The Hall–Kier alpha value is -2.03. The van der Waals surface area contributed by atoms with Gasteiger partial charge in [-0.3, -0.25) is 4.79 Å². The number of hydrogen-bond acceptors (Lipinski definition) is 3. The summed E-state index contributed by atoms with van der Waals surface area (Å²) in [5.41, 5.74) is 5.75. The van der Waals surface area contributed by atoms with Crippen LogP contribution in [0.2, 0.25) is 0 Å². The van der Waals surface area contributed by atoms with Crippen LogP contribution in [0.15, 0.2) is 12.3 Å². The zero-order valence-corrected chi connectivity index (χ0v) is 12.5. The number of hydrogen-bond donors (Lipinski definition) is 2. The molecule has 0 aromatic carbocycles. The van der Waals surface area contributed by atoms with Crippen LogP contribution in [-0.2, 0) is 11.8 Å². The minimum Gasteiger partial charge on any atom is -0.477 e. The lowest BCUT2D eigenvalue weighted by molar-refractivity contribution is -0.170. The number of likely N-dealkylation sites (tertiary alicyclic amines) is 1. The average Bonchev–Trinajstić information content (AvgIpc) is 2.87. The molecule has 3 N–H and O–H groups in total. The summed E-state index contributed by atoms with van der Waals surface area (Å²) in [5, 5.41) is 9.24. The number of carbonyl (C=O) groups excluding carboxylic acids is 1. The molecule has 0 bridgehead atoms. The van der Waals surface area contributed by atoms with Gasteiger partial charge in [0.1, 0.15) is 5.69 Å². The quantitative estimate of drug-likeness (QED) is 0.873. The van der Waals surface area contributed by atoms with Gasteiger partial charge in [0.15, 0.2) is 6.04 Å². The van der Waals surface area contributed by atoms with E-state index in [0.717, 1.165) is 4.90 Å². The maximum Gasteiger partial charge on any atom is 0.412 e. The molecular weight excluding hydrogens is 315 g/mol. The van der Waals surface area contributed by atoms with Crippen molar-refractivity contribution in [2.75, 3.05) is 13.1 Å². The van der Waals surface area contributed by atoms with Gasteiger partial charge in [0, 0.05) is 26.3 Å². The van der Waals surface area contributed by atoms with E-state index in [1.807, 2.05) is 0 Å². The van der Waals surface area contributed by atoms with Crippen molar-refractivity contribution < 1.29 is 27.9 Å². The predicted octanol–water partition coefficient (Wildman–Crippen LogP) is 1.32. The van der Waals surface area contributed by atoms with Crippen molar-refractivity contribution in [3.05, 3.63) is 23.5 Å². The summed E-state index contributed by atoms with van der Waals surface area (Å²) < 4.78 is 39.0. The fourth-order valence-corrected chi connectivity index (χ4v) is 2.90. The van der Waals surface area contributed by atoms with E-state index in [1.165, 1.54) is 4.57 Å². The third-order valence-corrected chi connectivity index (χ3v) is 4.17. The summed E-state index contributed by atoms with van der Waals surface area (Å²) in [7, 11) is 1.62. The highest BCUT2D eigenvalue weighted by molar-refractivity contribution is 5.88. The van der Waals surface area contributed by atoms with Crippen LogP contribution in [0.5, 0.6) is 0 Å². The van der Waals surface area contributed by atoms with Crippen LogP contribution in [0.3, 0.4) is 0 Å². The number of carboxylic acids is 1. The average molecular weight is 333 g/mol. The predicted molar refractivity (Wildman–Crippen MR) is 75.0 cm³/mol. The first kappa shape index (κ1) is 17.3. The fraction of sp³-hybridized carbons (Fsp3) is 0.571. The molecule has 0 aliphatic carbocycles. The summed E-state index contributed by atoms with van der Waals surface area (Å²) in [6.45, 7) is 0.252. The van der Waals surface area contributed by atoms with Gasteiger partial charge in [-0.25, -0.2) is 4.79 Å². The van der Waals surface area contributed by atoms with E-state index in [2.05, 4.69) is 0 Å². The molecule has 23 heavy (non-hydrogen) atoms. The van der Waals surface area contributed by atoms with E-state index < -0.39 is 24.1 Å². The number of nitrogens with two attached hydrogens (primary N) is 1. The Bertz CT molecular complexity index is 604. The molecule has 1 atom stereocenters. The van der Waals surface area contributed by atoms with Crippen molar-refractivity contribution >= 4 is 11.9 Å². The number of nitrogens with zero attached hydrogens (tertiary/aromatic N) is 2. The third kappa shape index (κ3) is 3.49. The van der Waals surface area contributed by atoms with Crippen molar-refractivity contribution in [1.82, 2.24) is 9.47 Å². The van der Waals surface area contributed by atoms with Crippen LogP contribution in [0.4, 0.5) is 13.2 Å². The number of halogens is 3. The largest absolute Gasteiger partial charge is 0.477 e. The smallest absolute Gasteiger partial charge is 0.412 e. The summed E-state index contributed by atoms with van der Waals surface area (Å²) in [5.74, 6) is -2.29. The molecule has 2 heterocycles. The Labute approximate surface area is 130 Å². The zero-order valence-electron chi connectivity index (χ0n) is 12.5. The van der Waals surface area contributed by atoms with Crippen molar-refractivity contribution in [2.45, 2.75) is 31.0 Å². The molecule has 1 aromatic rings. The molecule has 0 saturated carbocycles. The number of rotatable bonds is 3. The second kappa shape index (κ2) is 6.23. The number of carbonyl (C=O) groups is 2. The lowest BCUT2D eigenvalue weighted by Crippen LogP contribution is -2.53. The highest BCUT2D eigenvalue weighted by Crippen LogP contribution is 2.32. The van der Waals surface area contributed by atoms with Gasteiger partial charge in [-0.05, 0) is 30.4 Å². The van der Waals surface area contributed by atoms with Crippen molar-refractivity contribution in [1.29, 1.82) is 0 Å². The summed E-state index contributed by atoms with van der Waals surface area (Å²) in [6.07, 6.45) is -2.32. The van der Waals surface area contributed by atoms with Crippen molar-refractivity contribution in [3.63, 3.8) is 0 Å². The second-order valence-corrected chi connectivity index (χ2v) is 5.65. The first-order chi connectivity index (χ1) is 10.6. The molecule has 0 radical (unpaired) electrons. The molecule has 1 fully saturated rings. The topological polar surface area (TPSA) is 88.6 Å². The van der Waals surface area contributed by atoms with Crippen LogP contribution < -0.4 is 5.73 Å². The lowest BCUT2D eigenvalue weighted by atomic mass is 9.89. The van der Waals surface area contributed by atoms with Crippen LogP contribution in [0.25, 0.3) is 0 Å². The van der Waals surface area contributed by atoms with Gasteiger partial charge < -0.3 is 20.3 Å². The number of alkyl halides is 3. The minimum absolute atomic E-state index is 0.103. The van der Waals surface area contributed by atoms with Gasteiger partial charge in [0.25, 0.3) is 0 Å². The maximum absolute atomic E-state index is 12.5. The highest BCUT2D eigenvalue weighted by Gasteiger charge is 2.44. The van der Waals surface area contributed by atoms with E-state index in [-0.39, 0.29) is 24.7 Å². The molecule has 0 spiro atoms.